The average Bonchev–Trinajstić information content (AvgIpc) is 2.18. The third kappa shape index (κ3) is 1.60. The van der Waals surface area contributed by atoms with Crippen LogP contribution in [0, 0.1) is 0 Å². The Bertz CT molecular complexity index is 309. The van der Waals surface area contributed by atoms with Gasteiger partial charge in [-0.1, -0.05) is 18.2 Å². The molecule has 0 aromatic heterocycles. The summed E-state index contributed by atoms with van der Waals surface area (Å²) < 4.78 is 0. The van der Waals surface area contributed by atoms with Crippen LogP contribution < -0.4 is 5.32 Å². The van der Waals surface area contributed by atoms with Crippen LogP contribution >= 0.6 is 0 Å². The first kappa shape index (κ1) is 8.73. The molecule has 2 rings (SSSR count). The van der Waals surface area contributed by atoms with Crippen molar-refractivity contribution < 1.29 is 5.11 Å². The molecule has 13 heavy (non-hydrogen) atoms. The maximum absolute atomic E-state index is 8.99. The van der Waals surface area contributed by atoms with E-state index in [2.05, 4.69) is 24.4 Å². The molecular weight excluding hydrogens is 162 g/mol. The number of aliphatic hydroxyl groups is 1. The Balaban J connectivity index is 2.39. The molecule has 0 saturated carbocycles. The quantitative estimate of drug-likeness (QED) is 0.679. The van der Waals surface area contributed by atoms with E-state index in [9.17, 15) is 0 Å². The number of fused-ring (bicyclic) bond motifs is 1. The van der Waals surface area contributed by atoms with Gasteiger partial charge >= 0.3 is 0 Å². The molecule has 70 valence electrons. The van der Waals surface area contributed by atoms with Gasteiger partial charge in [-0.2, -0.15) is 0 Å². The molecule has 1 aliphatic rings. The van der Waals surface area contributed by atoms with Crippen LogP contribution in [0.5, 0.6) is 0 Å². The highest BCUT2D eigenvalue weighted by molar-refractivity contribution is 5.35. The minimum absolute atomic E-state index is 0.148. The summed E-state index contributed by atoms with van der Waals surface area (Å²) in [5.41, 5.74) is 3.79. The molecule has 2 nitrogen and oxygen atoms in total. The predicted molar refractivity (Wildman–Crippen MR) is 52.5 cm³/mol. The Labute approximate surface area is 78.6 Å². The van der Waals surface area contributed by atoms with Gasteiger partial charge in [0.05, 0.1) is 6.61 Å². The Hall–Kier alpha value is -0.860. The van der Waals surface area contributed by atoms with Gasteiger partial charge in [-0.05, 0) is 36.6 Å². The van der Waals surface area contributed by atoms with Gasteiger partial charge in [-0.15, -0.1) is 0 Å². The predicted octanol–water partition coefficient (Wildman–Crippen LogP) is 1.39. The standard InChI is InChI=1S/C11H15NO/c1-8-11-3-2-9(7-13)6-10(11)4-5-12-8/h2-3,6,8,12-13H,4-5,7H2,1H3. The minimum Gasteiger partial charge on any atom is -0.392 e. The molecule has 1 aliphatic heterocycles. The number of hydrogen-bond acceptors (Lipinski definition) is 2. The summed E-state index contributed by atoms with van der Waals surface area (Å²) in [6.45, 7) is 3.37. The van der Waals surface area contributed by atoms with Crippen LogP contribution in [0.2, 0.25) is 0 Å². The topological polar surface area (TPSA) is 32.3 Å². The van der Waals surface area contributed by atoms with Crippen molar-refractivity contribution in [1.82, 2.24) is 5.32 Å². The summed E-state index contributed by atoms with van der Waals surface area (Å²) in [5, 5.41) is 12.4. The molecular formula is C11H15NO. The zero-order chi connectivity index (χ0) is 9.26. The van der Waals surface area contributed by atoms with E-state index >= 15 is 0 Å². The zero-order valence-electron chi connectivity index (χ0n) is 7.88. The Morgan fingerprint density at radius 1 is 1.54 bits per heavy atom. The molecule has 2 N–H and O–H groups in total. The van der Waals surface area contributed by atoms with Crippen molar-refractivity contribution in [3.8, 4) is 0 Å². The van der Waals surface area contributed by atoms with Crippen molar-refractivity contribution in [2.75, 3.05) is 6.54 Å². The van der Waals surface area contributed by atoms with Crippen molar-refractivity contribution in [2.45, 2.75) is 26.0 Å². The number of aliphatic hydroxyl groups excluding tert-OH is 1. The van der Waals surface area contributed by atoms with Crippen LogP contribution in [0.1, 0.15) is 29.7 Å². The molecule has 0 bridgehead atoms. The summed E-state index contributed by atoms with van der Waals surface area (Å²) >= 11 is 0. The molecule has 1 atom stereocenters. The second kappa shape index (κ2) is 3.48. The van der Waals surface area contributed by atoms with E-state index in [1.165, 1.54) is 11.1 Å². The normalized spacial score (nSPS) is 21.2. The van der Waals surface area contributed by atoms with E-state index in [0.717, 1.165) is 18.5 Å². The van der Waals surface area contributed by atoms with E-state index in [-0.39, 0.29) is 6.61 Å². The minimum atomic E-state index is 0.148. The number of rotatable bonds is 1. The highest BCUT2D eigenvalue weighted by Crippen LogP contribution is 2.23. The lowest BCUT2D eigenvalue weighted by Crippen LogP contribution is -2.27. The van der Waals surface area contributed by atoms with Crippen LogP contribution in [0.25, 0.3) is 0 Å². The molecule has 0 fully saturated rings. The van der Waals surface area contributed by atoms with Crippen molar-refractivity contribution in [3.63, 3.8) is 0 Å². The van der Waals surface area contributed by atoms with Gasteiger partial charge in [0, 0.05) is 6.04 Å². The van der Waals surface area contributed by atoms with Crippen LogP contribution in [0.15, 0.2) is 18.2 Å². The summed E-state index contributed by atoms with van der Waals surface area (Å²) in [7, 11) is 0. The molecule has 1 heterocycles. The van der Waals surface area contributed by atoms with E-state index in [0.29, 0.717) is 6.04 Å². The summed E-state index contributed by atoms with van der Waals surface area (Å²) in [5.74, 6) is 0. The van der Waals surface area contributed by atoms with Gasteiger partial charge in [0.15, 0.2) is 0 Å². The first-order valence-electron chi connectivity index (χ1n) is 4.77. The van der Waals surface area contributed by atoms with E-state index in [4.69, 9.17) is 5.11 Å². The van der Waals surface area contributed by atoms with Crippen molar-refractivity contribution in [1.29, 1.82) is 0 Å². The van der Waals surface area contributed by atoms with E-state index < -0.39 is 0 Å². The fourth-order valence-electron chi connectivity index (χ4n) is 1.93. The summed E-state index contributed by atoms with van der Waals surface area (Å²) in [6, 6.07) is 6.70. The lowest BCUT2D eigenvalue weighted by Gasteiger charge is -2.24. The van der Waals surface area contributed by atoms with E-state index in [1.54, 1.807) is 0 Å². The van der Waals surface area contributed by atoms with Gasteiger partial charge < -0.3 is 10.4 Å². The van der Waals surface area contributed by atoms with Crippen molar-refractivity contribution in [3.05, 3.63) is 34.9 Å². The number of hydrogen-bond donors (Lipinski definition) is 2. The van der Waals surface area contributed by atoms with Crippen LogP contribution in [-0.4, -0.2) is 11.7 Å². The molecule has 0 aliphatic carbocycles. The Morgan fingerprint density at radius 3 is 3.15 bits per heavy atom. The number of benzene rings is 1. The fourth-order valence-corrected chi connectivity index (χ4v) is 1.93. The molecule has 0 saturated heterocycles. The Kier molecular flexibility index (Phi) is 2.34. The maximum Gasteiger partial charge on any atom is 0.0681 e. The average molecular weight is 177 g/mol. The highest BCUT2D eigenvalue weighted by atomic mass is 16.3. The smallest absolute Gasteiger partial charge is 0.0681 e. The highest BCUT2D eigenvalue weighted by Gasteiger charge is 2.14. The molecule has 0 amide bonds. The summed E-state index contributed by atoms with van der Waals surface area (Å²) in [6.07, 6.45) is 1.08. The second-order valence-electron chi connectivity index (χ2n) is 3.62. The monoisotopic (exact) mass is 177 g/mol. The lowest BCUT2D eigenvalue weighted by molar-refractivity contribution is 0.281. The molecule has 1 aromatic rings. The molecule has 0 radical (unpaired) electrons. The first-order valence-corrected chi connectivity index (χ1v) is 4.77. The third-order valence-corrected chi connectivity index (χ3v) is 2.70. The van der Waals surface area contributed by atoms with Crippen LogP contribution in [-0.2, 0) is 13.0 Å². The van der Waals surface area contributed by atoms with Crippen LogP contribution in [0.4, 0.5) is 0 Å². The van der Waals surface area contributed by atoms with Gasteiger partial charge in [0.1, 0.15) is 0 Å². The van der Waals surface area contributed by atoms with Gasteiger partial charge in [-0.25, -0.2) is 0 Å². The van der Waals surface area contributed by atoms with Gasteiger partial charge in [0.2, 0.25) is 0 Å². The van der Waals surface area contributed by atoms with Gasteiger partial charge in [-0.3, -0.25) is 0 Å². The maximum atomic E-state index is 8.99. The number of nitrogens with one attached hydrogen (secondary N) is 1. The van der Waals surface area contributed by atoms with Gasteiger partial charge in [0.25, 0.3) is 0 Å². The SMILES string of the molecule is CC1NCCc2cc(CO)ccc21. The molecule has 1 aromatic carbocycles. The summed E-state index contributed by atoms with van der Waals surface area (Å²) in [4.78, 5) is 0. The molecule has 2 heteroatoms. The molecule has 1 unspecified atom stereocenters. The lowest BCUT2D eigenvalue weighted by atomic mass is 9.94. The second-order valence-corrected chi connectivity index (χ2v) is 3.62. The van der Waals surface area contributed by atoms with Crippen molar-refractivity contribution in [2.24, 2.45) is 0 Å². The molecule has 0 spiro atoms. The third-order valence-electron chi connectivity index (χ3n) is 2.70. The van der Waals surface area contributed by atoms with E-state index in [1.807, 2.05) is 6.07 Å². The first-order chi connectivity index (χ1) is 6.31. The zero-order valence-corrected chi connectivity index (χ0v) is 7.88. The largest absolute Gasteiger partial charge is 0.392 e. The fraction of sp³-hybridized carbons (Fsp3) is 0.455. The Morgan fingerprint density at radius 2 is 2.38 bits per heavy atom. The van der Waals surface area contributed by atoms with Crippen LogP contribution in [0.3, 0.4) is 0 Å². The van der Waals surface area contributed by atoms with Crippen molar-refractivity contribution >= 4 is 0 Å².